The lowest BCUT2D eigenvalue weighted by molar-refractivity contribution is 0.134. The Bertz CT molecular complexity index is 266. The Labute approximate surface area is 112 Å². The summed E-state index contributed by atoms with van der Waals surface area (Å²) in [6.45, 7) is 3.22. The van der Waals surface area contributed by atoms with Gasteiger partial charge in [0.2, 0.25) is 0 Å². The Morgan fingerprint density at radius 3 is 2.67 bits per heavy atom. The Morgan fingerprint density at radius 2 is 2.11 bits per heavy atom. The lowest BCUT2D eigenvalue weighted by Gasteiger charge is -2.35. The topological polar surface area (TPSA) is 21.3 Å². The molecular weight excluding hydrogens is 222 g/mol. The van der Waals surface area contributed by atoms with Crippen molar-refractivity contribution in [2.24, 2.45) is 11.8 Å². The van der Waals surface area contributed by atoms with Gasteiger partial charge in [-0.25, -0.2) is 0 Å². The SMILES string of the molecule is CCCC1CCC(C(NC)C2=CCCCO2)CC1. The number of hydrogen-bond acceptors (Lipinski definition) is 2. The fourth-order valence-electron chi connectivity index (χ4n) is 3.62. The zero-order valence-corrected chi connectivity index (χ0v) is 12.1. The number of rotatable bonds is 5. The van der Waals surface area contributed by atoms with E-state index in [9.17, 15) is 0 Å². The fraction of sp³-hybridized carbons (Fsp3) is 0.875. The minimum Gasteiger partial charge on any atom is -0.497 e. The first-order valence-electron chi connectivity index (χ1n) is 7.85. The summed E-state index contributed by atoms with van der Waals surface area (Å²) in [6.07, 6.45) is 13.0. The highest BCUT2D eigenvalue weighted by Gasteiger charge is 2.29. The molecule has 0 bridgehead atoms. The fourth-order valence-corrected chi connectivity index (χ4v) is 3.62. The van der Waals surface area contributed by atoms with Gasteiger partial charge in [-0.1, -0.05) is 32.6 Å². The molecule has 0 aromatic heterocycles. The molecule has 18 heavy (non-hydrogen) atoms. The Kier molecular flexibility index (Phi) is 5.55. The average Bonchev–Trinajstić information content (AvgIpc) is 2.43. The van der Waals surface area contributed by atoms with Crippen molar-refractivity contribution in [3.8, 4) is 0 Å². The highest BCUT2D eigenvalue weighted by Crippen LogP contribution is 2.35. The lowest BCUT2D eigenvalue weighted by atomic mass is 9.76. The normalized spacial score (nSPS) is 30.4. The van der Waals surface area contributed by atoms with Gasteiger partial charge in [-0.2, -0.15) is 0 Å². The zero-order chi connectivity index (χ0) is 12.8. The van der Waals surface area contributed by atoms with Crippen LogP contribution in [0.4, 0.5) is 0 Å². The van der Waals surface area contributed by atoms with Crippen LogP contribution in [0.3, 0.4) is 0 Å². The molecule has 1 saturated carbocycles. The minimum absolute atomic E-state index is 0.466. The van der Waals surface area contributed by atoms with Gasteiger partial charge >= 0.3 is 0 Å². The molecule has 0 aromatic rings. The van der Waals surface area contributed by atoms with Gasteiger partial charge in [0, 0.05) is 0 Å². The van der Waals surface area contributed by atoms with Crippen molar-refractivity contribution in [2.75, 3.05) is 13.7 Å². The van der Waals surface area contributed by atoms with Gasteiger partial charge in [0.1, 0.15) is 5.76 Å². The second kappa shape index (κ2) is 7.18. The first-order valence-corrected chi connectivity index (χ1v) is 7.85. The molecule has 2 heteroatoms. The third kappa shape index (κ3) is 3.50. The summed E-state index contributed by atoms with van der Waals surface area (Å²) in [5.41, 5.74) is 0. The van der Waals surface area contributed by atoms with Crippen molar-refractivity contribution in [3.05, 3.63) is 11.8 Å². The minimum atomic E-state index is 0.466. The number of nitrogens with one attached hydrogen (secondary N) is 1. The second-order valence-corrected chi connectivity index (χ2v) is 5.93. The molecule has 104 valence electrons. The van der Waals surface area contributed by atoms with E-state index in [-0.39, 0.29) is 0 Å². The molecule has 0 amide bonds. The summed E-state index contributed by atoms with van der Waals surface area (Å²) in [6, 6.07) is 0.466. The maximum absolute atomic E-state index is 5.86. The van der Waals surface area contributed by atoms with Gasteiger partial charge in [0.15, 0.2) is 0 Å². The molecule has 1 unspecified atom stereocenters. The van der Waals surface area contributed by atoms with E-state index in [1.54, 1.807) is 0 Å². The third-order valence-electron chi connectivity index (χ3n) is 4.64. The van der Waals surface area contributed by atoms with Crippen LogP contribution < -0.4 is 5.32 Å². The maximum Gasteiger partial charge on any atom is 0.109 e. The predicted octanol–water partition coefficient (Wildman–Crippen LogP) is 3.88. The first kappa shape index (κ1) is 13.9. The molecule has 1 N–H and O–H groups in total. The van der Waals surface area contributed by atoms with Crippen molar-refractivity contribution >= 4 is 0 Å². The van der Waals surface area contributed by atoms with Crippen LogP contribution >= 0.6 is 0 Å². The van der Waals surface area contributed by atoms with Gasteiger partial charge in [-0.15, -0.1) is 0 Å². The van der Waals surface area contributed by atoms with Crippen molar-refractivity contribution in [2.45, 2.75) is 64.3 Å². The van der Waals surface area contributed by atoms with Crippen LogP contribution in [0.2, 0.25) is 0 Å². The molecule has 0 radical (unpaired) electrons. The van der Waals surface area contributed by atoms with Gasteiger partial charge in [-0.3, -0.25) is 0 Å². The zero-order valence-electron chi connectivity index (χ0n) is 12.1. The van der Waals surface area contributed by atoms with Crippen molar-refractivity contribution < 1.29 is 4.74 Å². The largest absolute Gasteiger partial charge is 0.497 e. The van der Waals surface area contributed by atoms with E-state index in [2.05, 4.69) is 25.4 Å². The summed E-state index contributed by atoms with van der Waals surface area (Å²) >= 11 is 0. The Morgan fingerprint density at radius 1 is 1.33 bits per heavy atom. The van der Waals surface area contributed by atoms with Crippen LogP contribution in [0.25, 0.3) is 0 Å². The van der Waals surface area contributed by atoms with E-state index >= 15 is 0 Å². The Hall–Kier alpha value is -0.500. The van der Waals surface area contributed by atoms with Crippen LogP contribution in [0.5, 0.6) is 0 Å². The van der Waals surface area contributed by atoms with Gasteiger partial charge in [-0.05, 0) is 50.6 Å². The average molecular weight is 251 g/mol. The molecule has 0 saturated heterocycles. The van der Waals surface area contributed by atoms with Crippen LogP contribution in [0, 0.1) is 11.8 Å². The number of hydrogen-bond donors (Lipinski definition) is 1. The molecule has 0 spiro atoms. The summed E-state index contributed by atoms with van der Waals surface area (Å²) in [4.78, 5) is 0. The first-order chi connectivity index (χ1) is 8.85. The van der Waals surface area contributed by atoms with E-state index in [4.69, 9.17) is 4.74 Å². The smallest absolute Gasteiger partial charge is 0.109 e. The molecule has 1 heterocycles. The number of allylic oxidation sites excluding steroid dienone is 1. The summed E-state index contributed by atoms with van der Waals surface area (Å²) < 4.78 is 5.86. The molecule has 1 aliphatic heterocycles. The molecule has 1 atom stereocenters. The van der Waals surface area contributed by atoms with E-state index < -0.39 is 0 Å². The summed E-state index contributed by atoms with van der Waals surface area (Å²) in [5, 5.41) is 3.50. The van der Waals surface area contributed by atoms with Crippen molar-refractivity contribution in [1.82, 2.24) is 5.32 Å². The quantitative estimate of drug-likeness (QED) is 0.800. The highest BCUT2D eigenvalue weighted by atomic mass is 16.5. The summed E-state index contributed by atoms with van der Waals surface area (Å²) in [7, 11) is 2.08. The van der Waals surface area contributed by atoms with Crippen LogP contribution in [0.15, 0.2) is 11.8 Å². The van der Waals surface area contributed by atoms with Crippen LogP contribution in [-0.4, -0.2) is 19.7 Å². The monoisotopic (exact) mass is 251 g/mol. The molecule has 0 aromatic carbocycles. The molecule has 1 fully saturated rings. The predicted molar refractivity (Wildman–Crippen MR) is 76.5 cm³/mol. The van der Waals surface area contributed by atoms with Gasteiger partial charge in [0.05, 0.1) is 12.6 Å². The standard InChI is InChI=1S/C16H29NO/c1-3-6-13-8-10-14(11-9-13)16(17-2)15-7-4-5-12-18-15/h7,13-14,16-17H,3-6,8-12H2,1-2H3. The van der Waals surface area contributed by atoms with Crippen molar-refractivity contribution in [1.29, 1.82) is 0 Å². The van der Waals surface area contributed by atoms with E-state index in [1.807, 2.05) is 0 Å². The van der Waals surface area contributed by atoms with Gasteiger partial charge in [0.25, 0.3) is 0 Å². The lowest BCUT2D eigenvalue weighted by Crippen LogP contribution is -2.39. The Balaban J connectivity index is 1.87. The molecule has 2 aliphatic rings. The molecule has 2 nitrogen and oxygen atoms in total. The molecular formula is C16H29NO. The van der Waals surface area contributed by atoms with Gasteiger partial charge < -0.3 is 10.1 Å². The number of ether oxygens (including phenoxy) is 1. The highest BCUT2D eigenvalue weighted by molar-refractivity contribution is 5.08. The molecule has 2 rings (SSSR count). The van der Waals surface area contributed by atoms with Crippen LogP contribution in [-0.2, 0) is 4.74 Å². The van der Waals surface area contributed by atoms with Crippen LogP contribution in [0.1, 0.15) is 58.3 Å². The third-order valence-corrected chi connectivity index (χ3v) is 4.64. The van der Waals surface area contributed by atoms with Crippen molar-refractivity contribution in [3.63, 3.8) is 0 Å². The second-order valence-electron chi connectivity index (χ2n) is 5.93. The van der Waals surface area contributed by atoms with E-state index in [0.717, 1.165) is 18.4 Å². The number of likely N-dealkylation sites (N-methyl/N-ethyl adjacent to an activating group) is 1. The van der Waals surface area contributed by atoms with E-state index in [1.165, 1.54) is 57.1 Å². The maximum atomic E-state index is 5.86. The van der Waals surface area contributed by atoms with E-state index in [0.29, 0.717) is 6.04 Å². The summed E-state index contributed by atoms with van der Waals surface area (Å²) in [5.74, 6) is 3.00. The molecule has 1 aliphatic carbocycles.